The molecule has 16 nitrogen and oxygen atoms in total. The number of alkyl halides is 3. The summed E-state index contributed by atoms with van der Waals surface area (Å²) in [6.07, 6.45) is 1.15. The van der Waals surface area contributed by atoms with Gasteiger partial charge in [-0.3, -0.25) is 14.4 Å². The lowest BCUT2D eigenvalue weighted by atomic mass is 10.0. The largest absolute Gasteiger partial charge is 0.511 e. The molecule has 5 N–H and O–H groups in total. The Bertz CT molecular complexity index is 2300. The molecule has 68 heavy (non-hydrogen) atoms. The van der Waals surface area contributed by atoms with Gasteiger partial charge in [0, 0.05) is 88.4 Å². The van der Waals surface area contributed by atoms with E-state index in [9.17, 15) is 71.9 Å². The van der Waals surface area contributed by atoms with Crippen LogP contribution < -0.4 is 16.4 Å². The third kappa shape index (κ3) is 15.0. The number of amides is 3. The first kappa shape index (κ1) is 55.1. The maximum atomic E-state index is 14.2. The normalized spacial score (nSPS) is 21.2. The molecule has 4 heterocycles. The lowest BCUT2D eigenvalue weighted by Gasteiger charge is -2.27. The van der Waals surface area contributed by atoms with Crippen molar-refractivity contribution in [3.8, 4) is 0 Å². The molecule has 4 saturated heterocycles. The lowest BCUT2D eigenvalue weighted by Crippen LogP contribution is -2.46. The summed E-state index contributed by atoms with van der Waals surface area (Å²) in [6, 6.07) is -0.136. The molecule has 0 spiro atoms. The summed E-state index contributed by atoms with van der Waals surface area (Å²) in [5.41, 5.74) is -0.675. The van der Waals surface area contributed by atoms with E-state index in [0.717, 1.165) is 31.8 Å². The van der Waals surface area contributed by atoms with Crippen LogP contribution in [0, 0.1) is 46.7 Å². The smallest absolute Gasteiger partial charge is 0.478 e. The topological polar surface area (TPSA) is 218 Å². The van der Waals surface area contributed by atoms with Gasteiger partial charge >= 0.3 is 27.6 Å². The van der Waals surface area contributed by atoms with Crippen LogP contribution in [0.2, 0.25) is 0 Å². The highest BCUT2D eigenvalue weighted by Gasteiger charge is 2.55. The second-order valence-electron chi connectivity index (χ2n) is 17.3. The Hall–Kier alpha value is -5.47. The van der Waals surface area contributed by atoms with E-state index in [1.54, 1.807) is 25.7 Å². The van der Waals surface area contributed by atoms with Crippen molar-refractivity contribution in [1.29, 1.82) is 0 Å². The highest BCUT2D eigenvalue weighted by atomic mass is 32.2. The summed E-state index contributed by atoms with van der Waals surface area (Å²) in [5, 5.41) is 13.7. The van der Waals surface area contributed by atoms with Crippen LogP contribution >= 0.6 is 0 Å². The van der Waals surface area contributed by atoms with Crippen molar-refractivity contribution in [3.63, 3.8) is 0 Å². The van der Waals surface area contributed by atoms with Gasteiger partial charge in [0.25, 0.3) is 6.47 Å². The molecule has 4 aliphatic heterocycles. The van der Waals surface area contributed by atoms with Crippen molar-refractivity contribution < 1.29 is 86.5 Å². The molecule has 0 aromatic heterocycles. The number of carboxylic acids is 1. The van der Waals surface area contributed by atoms with Crippen LogP contribution in [-0.2, 0) is 51.5 Å². The molecule has 378 valence electrons. The molecule has 0 unspecified atom stereocenters. The van der Waals surface area contributed by atoms with Crippen molar-refractivity contribution in [2.24, 2.45) is 17.6 Å². The number of fused-ring (bicyclic) bond motifs is 2. The Balaban J connectivity index is 0.000000256. The lowest BCUT2D eigenvalue weighted by molar-refractivity contribution is -0.133. The van der Waals surface area contributed by atoms with Crippen LogP contribution in [0.15, 0.2) is 36.6 Å². The molecule has 2 aromatic rings. The Morgan fingerprint density at radius 2 is 1.34 bits per heavy atom. The number of hydrogen-bond acceptors (Lipinski definition) is 11. The number of hydrogen-bond donors (Lipinski definition) is 4. The predicted octanol–water partition coefficient (Wildman–Crippen LogP) is 4.25. The van der Waals surface area contributed by atoms with Gasteiger partial charge in [0.15, 0.2) is 23.3 Å². The minimum absolute atomic E-state index is 0.0963. The molecule has 26 heteroatoms. The zero-order chi connectivity index (χ0) is 50.9. The van der Waals surface area contributed by atoms with Gasteiger partial charge in [0.05, 0.1) is 6.08 Å². The van der Waals surface area contributed by atoms with Gasteiger partial charge in [-0.15, -0.1) is 0 Å². The third-order valence-corrected chi connectivity index (χ3v) is 12.8. The number of carbonyl (C=O) groups is 5. The second kappa shape index (κ2) is 23.2. The van der Waals surface area contributed by atoms with Crippen molar-refractivity contribution in [1.82, 2.24) is 24.7 Å². The number of nitrogens with two attached hydrogens (primary N) is 1. The van der Waals surface area contributed by atoms with E-state index < -0.39 is 105 Å². The summed E-state index contributed by atoms with van der Waals surface area (Å²) in [4.78, 5) is 59.8. The van der Waals surface area contributed by atoms with E-state index in [1.165, 1.54) is 4.90 Å². The monoisotopic (exact) mass is 1000 g/mol. The fraction of sp³-hybridized carbons (Fsp3) is 0.548. The van der Waals surface area contributed by atoms with Crippen molar-refractivity contribution in [2.75, 3.05) is 39.3 Å². The van der Waals surface area contributed by atoms with E-state index in [4.69, 9.17) is 15.6 Å². The number of benzene rings is 2. The molecule has 0 aliphatic carbocycles. The van der Waals surface area contributed by atoms with E-state index >= 15 is 0 Å². The quantitative estimate of drug-likeness (QED) is 0.0729. The van der Waals surface area contributed by atoms with Crippen molar-refractivity contribution in [3.05, 3.63) is 82.6 Å². The number of sulfonamides is 1. The third-order valence-electron chi connectivity index (χ3n) is 11.3. The Morgan fingerprint density at radius 3 is 1.88 bits per heavy atom. The summed E-state index contributed by atoms with van der Waals surface area (Å²) >= 11 is 0. The number of alkyl carbamates (subject to hydrolysis) is 1. The average molecular weight is 1000 g/mol. The van der Waals surface area contributed by atoms with E-state index in [1.807, 2.05) is 0 Å². The number of aliphatic carboxylic acids is 1. The first-order valence-electron chi connectivity index (χ1n) is 21.0. The van der Waals surface area contributed by atoms with Crippen molar-refractivity contribution >= 4 is 40.4 Å². The van der Waals surface area contributed by atoms with E-state index in [-0.39, 0.29) is 68.3 Å². The average Bonchev–Trinajstić information content (AvgIpc) is 4.01. The number of nitrogens with zero attached hydrogens (tertiary/aromatic N) is 3. The number of carbonyl (C=O) groups excluding carboxylic acids is 4. The molecule has 6 atom stereocenters. The molecular formula is C42H51F9N6O10S. The number of likely N-dealkylation sites (tertiary alicyclic amines) is 2. The maximum Gasteiger partial charge on any atom is 0.511 e. The van der Waals surface area contributed by atoms with Gasteiger partial charge < -0.3 is 40.7 Å². The predicted molar refractivity (Wildman–Crippen MR) is 221 cm³/mol. The van der Waals surface area contributed by atoms with Crippen LogP contribution in [0.4, 0.5) is 44.3 Å². The number of nitrogens with one attached hydrogen (secondary N) is 2. The summed E-state index contributed by atoms with van der Waals surface area (Å²) in [6.45, 7) is 6.88. The molecule has 6 rings (SSSR count). The number of ether oxygens (including phenoxy) is 2. The van der Waals surface area contributed by atoms with Gasteiger partial charge in [0.2, 0.25) is 11.8 Å². The zero-order valence-electron chi connectivity index (χ0n) is 36.8. The zero-order valence-corrected chi connectivity index (χ0v) is 37.7. The highest BCUT2D eigenvalue weighted by molar-refractivity contribution is 7.90. The molecule has 0 bridgehead atoms. The molecule has 0 saturated carbocycles. The van der Waals surface area contributed by atoms with Crippen LogP contribution in [0.25, 0.3) is 0 Å². The van der Waals surface area contributed by atoms with Gasteiger partial charge in [-0.2, -0.15) is 17.5 Å². The molecule has 0 radical (unpaired) electrons. The standard InChI is InChI=1S/C21H28F3N3O3.C17H19F6N3O3S.C4H4O4/c1-21(2,3)30-20(29)26-14(6-13-7-16(23)17(24)9-15(13)22)8-19(28)27-5-4-12-10-25-11-18(12)27;18-12-6-14(20)13(19)4-10(12)3-11(24)5-16(27)26-2-1-9-7-25(8-15(9)26)30(28,29)17(21,22)23;5-3-8-2-1-4(6)7/h7,9,12,14,18,25H,4-6,8,10-11H2,1-3H3,(H,26,29);4,6,9,11,15H,1-3,5,7-8,24H2;1-3H,(H,6,7)/b;;2-1+/t12-,14+,18+;9-,11+,15+;/m00./s1. The van der Waals surface area contributed by atoms with Gasteiger partial charge in [-0.05, 0) is 81.5 Å². The Morgan fingerprint density at radius 1 is 0.809 bits per heavy atom. The fourth-order valence-corrected chi connectivity index (χ4v) is 9.27. The van der Waals surface area contributed by atoms with Crippen LogP contribution in [0.3, 0.4) is 0 Å². The van der Waals surface area contributed by atoms with E-state index in [2.05, 4.69) is 15.4 Å². The van der Waals surface area contributed by atoms with Gasteiger partial charge in [-0.1, -0.05) is 0 Å². The van der Waals surface area contributed by atoms with Crippen LogP contribution in [0.5, 0.6) is 0 Å². The Kier molecular flexibility index (Phi) is 18.8. The fourth-order valence-electron chi connectivity index (χ4n) is 8.24. The first-order chi connectivity index (χ1) is 31.6. The minimum Gasteiger partial charge on any atom is -0.478 e. The first-order valence-corrected chi connectivity index (χ1v) is 22.4. The molecule has 4 aliphatic rings. The number of halogens is 9. The SMILES string of the molecule is CC(C)(C)OC(=O)N[C@@H](CC(=O)N1CC[C@H]2CNC[C@H]21)Cc1cc(F)c(F)cc1F.N[C@@H](CC(=O)N1CC[C@H]2CN(S(=O)(=O)C(F)(F)F)C[C@H]21)Cc1cc(F)c(F)cc1F.O=CO/C=C/C(=O)O. The minimum atomic E-state index is -5.48. The van der Waals surface area contributed by atoms with Crippen LogP contribution in [0.1, 0.15) is 57.6 Å². The van der Waals surface area contributed by atoms with Gasteiger partial charge in [0.1, 0.15) is 23.5 Å². The molecule has 2 aromatic carbocycles. The second-order valence-corrected chi connectivity index (χ2v) is 19.3. The molecule has 4 fully saturated rings. The van der Waals surface area contributed by atoms with Crippen molar-refractivity contribution in [2.45, 2.75) is 94.6 Å². The van der Waals surface area contributed by atoms with E-state index in [0.29, 0.717) is 47.5 Å². The molecule has 3 amide bonds. The number of carboxylic acid groups (broad SMARTS) is 1. The summed E-state index contributed by atoms with van der Waals surface area (Å²) in [5.74, 6) is -8.89. The van der Waals surface area contributed by atoms with Crippen LogP contribution in [-0.4, -0.2) is 133 Å². The molecular weight excluding hydrogens is 952 g/mol. The Labute approximate surface area is 385 Å². The number of rotatable bonds is 13. The summed E-state index contributed by atoms with van der Waals surface area (Å²) < 4.78 is 152. The summed E-state index contributed by atoms with van der Waals surface area (Å²) in [7, 11) is -5.48. The maximum absolute atomic E-state index is 14.2. The van der Waals surface area contributed by atoms with Gasteiger partial charge in [-0.25, -0.2) is 44.3 Å². The highest BCUT2D eigenvalue weighted by Crippen LogP contribution is 2.37.